The zero-order valence-corrected chi connectivity index (χ0v) is 9.15. The molecule has 1 atom stereocenters. The van der Waals surface area contributed by atoms with Gasteiger partial charge in [-0.2, -0.15) is 0 Å². The van der Waals surface area contributed by atoms with E-state index in [1.165, 1.54) is 23.5 Å². The molecule has 0 bridgehead atoms. The maximum absolute atomic E-state index is 5.50. The molecule has 1 saturated heterocycles. The van der Waals surface area contributed by atoms with Gasteiger partial charge in [0.15, 0.2) is 0 Å². The predicted octanol–water partition coefficient (Wildman–Crippen LogP) is 1.11. The molecule has 0 spiro atoms. The summed E-state index contributed by atoms with van der Waals surface area (Å²) in [6, 6.07) is 0. The second kappa shape index (κ2) is 4.87. The van der Waals surface area contributed by atoms with E-state index in [0.29, 0.717) is 12.5 Å². The van der Waals surface area contributed by atoms with E-state index in [4.69, 9.17) is 5.73 Å². The number of piperidine rings is 1. The van der Waals surface area contributed by atoms with Gasteiger partial charge >= 0.3 is 0 Å². The van der Waals surface area contributed by atoms with Crippen molar-refractivity contribution in [3.8, 4) is 0 Å². The first kappa shape index (κ1) is 10.1. The van der Waals surface area contributed by atoms with Crippen LogP contribution in [0.4, 0.5) is 0 Å². The van der Waals surface area contributed by atoms with Gasteiger partial charge in [0.1, 0.15) is 0 Å². The molecule has 3 N–H and O–H groups in total. The molecule has 2 heterocycles. The van der Waals surface area contributed by atoms with E-state index in [-0.39, 0.29) is 0 Å². The van der Waals surface area contributed by atoms with E-state index in [0.717, 1.165) is 19.5 Å². The lowest BCUT2D eigenvalue weighted by atomic mass is 9.97. The van der Waals surface area contributed by atoms with E-state index < -0.39 is 0 Å². The quantitative estimate of drug-likeness (QED) is 0.787. The van der Waals surface area contributed by atoms with Crippen LogP contribution in [0.15, 0.2) is 5.38 Å². The first-order chi connectivity index (χ1) is 6.90. The van der Waals surface area contributed by atoms with Gasteiger partial charge in [0.05, 0.1) is 10.7 Å². The van der Waals surface area contributed by atoms with Crippen LogP contribution in [0.2, 0.25) is 0 Å². The van der Waals surface area contributed by atoms with Crippen molar-refractivity contribution in [3.05, 3.63) is 16.1 Å². The van der Waals surface area contributed by atoms with Crippen LogP contribution in [-0.2, 0) is 6.42 Å². The maximum Gasteiger partial charge on any atom is 0.0940 e. The normalized spacial score (nSPS) is 22.5. The van der Waals surface area contributed by atoms with E-state index >= 15 is 0 Å². The van der Waals surface area contributed by atoms with Crippen molar-refractivity contribution in [1.29, 1.82) is 0 Å². The number of hydrogen-bond donors (Lipinski definition) is 2. The third-order valence-electron chi connectivity index (χ3n) is 2.64. The van der Waals surface area contributed by atoms with Crippen molar-refractivity contribution in [2.24, 2.45) is 5.73 Å². The number of aromatic nitrogens is 1. The predicted molar refractivity (Wildman–Crippen MR) is 59.7 cm³/mol. The third-order valence-corrected chi connectivity index (χ3v) is 3.57. The highest BCUT2D eigenvalue weighted by Crippen LogP contribution is 2.24. The van der Waals surface area contributed by atoms with Crippen LogP contribution >= 0.6 is 11.3 Å². The SMILES string of the molecule is NCCc1nc(C2CCCNC2)cs1. The van der Waals surface area contributed by atoms with E-state index in [1.807, 2.05) is 0 Å². The molecule has 0 saturated carbocycles. The van der Waals surface area contributed by atoms with Crippen molar-refractivity contribution in [2.75, 3.05) is 19.6 Å². The Balaban J connectivity index is 2.00. The topological polar surface area (TPSA) is 50.9 Å². The molecule has 78 valence electrons. The van der Waals surface area contributed by atoms with Crippen molar-refractivity contribution >= 4 is 11.3 Å². The van der Waals surface area contributed by atoms with Crippen molar-refractivity contribution < 1.29 is 0 Å². The lowest BCUT2D eigenvalue weighted by Gasteiger charge is -2.20. The average molecular weight is 211 g/mol. The number of thiazole rings is 1. The second-order valence-electron chi connectivity index (χ2n) is 3.75. The number of nitrogens with zero attached hydrogens (tertiary/aromatic N) is 1. The van der Waals surface area contributed by atoms with Gasteiger partial charge in [-0.25, -0.2) is 4.98 Å². The Hall–Kier alpha value is -0.450. The van der Waals surface area contributed by atoms with Crippen LogP contribution in [-0.4, -0.2) is 24.6 Å². The average Bonchev–Trinajstić information content (AvgIpc) is 2.68. The van der Waals surface area contributed by atoms with Gasteiger partial charge in [-0.1, -0.05) is 0 Å². The summed E-state index contributed by atoms with van der Waals surface area (Å²) in [4.78, 5) is 4.62. The first-order valence-corrected chi connectivity index (χ1v) is 6.13. The Morgan fingerprint density at radius 2 is 2.57 bits per heavy atom. The van der Waals surface area contributed by atoms with E-state index in [9.17, 15) is 0 Å². The molecule has 0 radical (unpaired) electrons. The van der Waals surface area contributed by atoms with Crippen LogP contribution in [0.1, 0.15) is 29.5 Å². The number of rotatable bonds is 3. The summed E-state index contributed by atoms with van der Waals surface area (Å²) in [6.45, 7) is 2.96. The molecule has 1 unspecified atom stereocenters. The first-order valence-electron chi connectivity index (χ1n) is 5.25. The van der Waals surface area contributed by atoms with Crippen LogP contribution < -0.4 is 11.1 Å². The van der Waals surface area contributed by atoms with Crippen molar-refractivity contribution in [2.45, 2.75) is 25.2 Å². The summed E-state index contributed by atoms with van der Waals surface area (Å²) in [7, 11) is 0. The fourth-order valence-electron chi connectivity index (χ4n) is 1.86. The molecule has 1 aliphatic heterocycles. The molecular weight excluding hydrogens is 194 g/mol. The third kappa shape index (κ3) is 2.32. The van der Waals surface area contributed by atoms with Crippen molar-refractivity contribution in [3.63, 3.8) is 0 Å². The monoisotopic (exact) mass is 211 g/mol. The standard InChI is InChI=1S/C10H17N3S/c11-4-3-10-13-9(7-14-10)8-2-1-5-12-6-8/h7-8,12H,1-6,11H2. The Kier molecular flexibility index (Phi) is 3.50. The van der Waals surface area contributed by atoms with Crippen LogP contribution in [0.5, 0.6) is 0 Å². The smallest absolute Gasteiger partial charge is 0.0940 e. The minimum atomic E-state index is 0.631. The van der Waals surface area contributed by atoms with Gasteiger partial charge in [-0.15, -0.1) is 11.3 Å². The molecule has 2 rings (SSSR count). The highest BCUT2D eigenvalue weighted by Gasteiger charge is 2.17. The molecule has 1 aromatic heterocycles. The molecular formula is C10H17N3S. The summed E-state index contributed by atoms with van der Waals surface area (Å²) >= 11 is 1.75. The Labute approximate surface area is 88.7 Å². The fourth-order valence-corrected chi connectivity index (χ4v) is 2.75. The van der Waals surface area contributed by atoms with Crippen LogP contribution in [0.3, 0.4) is 0 Å². The van der Waals surface area contributed by atoms with E-state index in [2.05, 4.69) is 15.7 Å². The van der Waals surface area contributed by atoms with Gasteiger partial charge in [0.25, 0.3) is 0 Å². The summed E-state index contributed by atoms with van der Waals surface area (Å²) in [5.74, 6) is 0.631. The molecule has 1 fully saturated rings. The second-order valence-corrected chi connectivity index (χ2v) is 4.69. The zero-order valence-electron chi connectivity index (χ0n) is 8.33. The molecule has 3 nitrogen and oxygen atoms in total. The molecule has 0 aliphatic carbocycles. The lowest BCUT2D eigenvalue weighted by molar-refractivity contribution is 0.455. The summed E-state index contributed by atoms with van der Waals surface area (Å²) in [5.41, 5.74) is 6.77. The molecule has 1 aliphatic rings. The van der Waals surface area contributed by atoms with Gasteiger partial charge in [0.2, 0.25) is 0 Å². The van der Waals surface area contributed by atoms with Gasteiger partial charge < -0.3 is 11.1 Å². The molecule has 1 aromatic rings. The van der Waals surface area contributed by atoms with Crippen LogP contribution in [0, 0.1) is 0 Å². The van der Waals surface area contributed by atoms with Gasteiger partial charge in [-0.3, -0.25) is 0 Å². The minimum Gasteiger partial charge on any atom is -0.330 e. The molecule has 0 amide bonds. The highest BCUT2D eigenvalue weighted by molar-refractivity contribution is 7.09. The van der Waals surface area contributed by atoms with Gasteiger partial charge in [0, 0.05) is 24.3 Å². The highest BCUT2D eigenvalue weighted by atomic mass is 32.1. The number of nitrogens with one attached hydrogen (secondary N) is 1. The zero-order chi connectivity index (χ0) is 9.80. The molecule has 14 heavy (non-hydrogen) atoms. The Bertz CT molecular complexity index is 279. The summed E-state index contributed by atoms with van der Waals surface area (Å²) < 4.78 is 0. The number of hydrogen-bond acceptors (Lipinski definition) is 4. The number of nitrogens with two attached hydrogens (primary N) is 1. The Morgan fingerprint density at radius 1 is 1.64 bits per heavy atom. The lowest BCUT2D eigenvalue weighted by Crippen LogP contribution is -2.28. The Morgan fingerprint density at radius 3 is 3.29 bits per heavy atom. The fraction of sp³-hybridized carbons (Fsp3) is 0.700. The largest absolute Gasteiger partial charge is 0.330 e. The van der Waals surface area contributed by atoms with Crippen molar-refractivity contribution in [1.82, 2.24) is 10.3 Å². The maximum atomic E-state index is 5.50. The van der Waals surface area contributed by atoms with Gasteiger partial charge in [-0.05, 0) is 25.9 Å². The summed E-state index contributed by atoms with van der Waals surface area (Å²) in [6.07, 6.45) is 3.47. The molecule has 0 aromatic carbocycles. The molecule has 4 heteroatoms. The van der Waals surface area contributed by atoms with Crippen LogP contribution in [0.25, 0.3) is 0 Å². The minimum absolute atomic E-state index is 0.631. The summed E-state index contributed by atoms with van der Waals surface area (Å²) in [5, 5.41) is 6.80. The van der Waals surface area contributed by atoms with E-state index in [1.54, 1.807) is 11.3 Å².